The number of nitrogens with zero attached hydrogens (tertiary/aromatic N) is 1. The fraction of sp³-hybridized carbons (Fsp3) is 0.714. The van der Waals surface area contributed by atoms with E-state index in [1.54, 1.807) is 6.07 Å². The SMILES string of the molecule is COCC(=O)N[C@H]1C[C@@H](Cc2cc(CO)on2)C1(C)C. The van der Waals surface area contributed by atoms with Crippen molar-refractivity contribution in [2.24, 2.45) is 11.3 Å². The highest BCUT2D eigenvalue weighted by molar-refractivity contribution is 5.77. The highest BCUT2D eigenvalue weighted by atomic mass is 16.5. The van der Waals surface area contributed by atoms with E-state index in [9.17, 15) is 4.79 Å². The normalized spacial score (nSPS) is 24.2. The number of hydrogen-bond acceptors (Lipinski definition) is 5. The van der Waals surface area contributed by atoms with Crippen LogP contribution in [0.4, 0.5) is 0 Å². The fourth-order valence-electron chi connectivity index (χ4n) is 2.75. The number of nitrogens with one attached hydrogen (secondary N) is 1. The Morgan fingerprint density at radius 2 is 2.40 bits per heavy atom. The lowest BCUT2D eigenvalue weighted by molar-refractivity contribution is -0.129. The number of amides is 1. The molecule has 0 saturated heterocycles. The third kappa shape index (κ3) is 3.02. The number of hydrogen-bond donors (Lipinski definition) is 2. The monoisotopic (exact) mass is 282 g/mol. The lowest BCUT2D eigenvalue weighted by Crippen LogP contribution is -2.59. The van der Waals surface area contributed by atoms with E-state index in [2.05, 4.69) is 24.3 Å². The van der Waals surface area contributed by atoms with Gasteiger partial charge in [-0.15, -0.1) is 0 Å². The molecule has 1 saturated carbocycles. The molecule has 0 aromatic carbocycles. The number of aromatic nitrogens is 1. The van der Waals surface area contributed by atoms with E-state index in [0.29, 0.717) is 11.7 Å². The van der Waals surface area contributed by atoms with Crippen molar-refractivity contribution in [3.63, 3.8) is 0 Å². The molecule has 2 rings (SSSR count). The maximum absolute atomic E-state index is 11.5. The second-order valence-corrected chi connectivity index (χ2v) is 5.95. The van der Waals surface area contributed by atoms with Gasteiger partial charge in [-0.1, -0.05) is 19.0 Å². The first-order valence-electron chi connectivity index (χ1n) is 6.81. The van der Waals surface area contributed by atoms with Gasteiger partial charge in [0.15, 0.2) is 5.76 Å². The molecule has 0 radical (unpaired) electrons. The summed E-state index contributed by atoms with van der Waals surface area (Å²) in [7, 11) is 1.51. The van der Waals surface area contributed by atoms with E-state index in [1.165, 1.54) is 7.11 Å². The van der Waals surface area contributed by atoms with Gasteiger partial charge >= 0.3 is 0 Å². The highest BCUT2D eigenvalue weighted by Gasteiger charge is 2.48. The van der Waals surface area contributed by atoms with Gasteiger partial charge in [-0.3, -0.25) is 4.79 Å². The molecule has 112 valence electrons. The molecule has 0 spiro atoms. The third-order valence-electron chi connectivity index (χ3n) is 4.30. The summed E-state index contributed by atoms with van der Waals surface area (Å²) in [5, 5.41) is 15.9. The number of aliphatic hydroxyl groups excluding tert-OH is 1. The Morgan fingerprint density at radius 1 is 1.65 bits per heavy atom. The molecule has 1 aromatic rings. The first-order valence-corrected chi connectivity index (χ1v) is 6.81. The smallest absolute Gasteiger partial charge is 0.246 e. The van der Waals surface area contributed by atoms with Crippen LogP contribution in [0.1, 0.15) is 31.7 Å². The van der Waals surface area contributed by atoms with Crippen molar-refractivity contribution in [2.45, 2.75) is 39.3 Å². The molecule has 2 atom stereocenters. The van der Waals surface area contributed by atoms with E-state index in [-0.39, 0.29) is 30.6 Å². The molecule has 1 aromatic heterocycles. The predicted molar refractivity (Wildman–Crippen MR) is 71.8 cm³/mol. The summed E-state index contributed by atoms with van der Waals surface area (Å²) >= 11 is 0. The van der Waals surface area contributed by atoms with E-state index in [0.717, 1.165) is 18.5 Å². The van der Waals surface area contributed by atoms with Gasteiger partial charge in [0.1, 0.15) is 13.2 Å². The summed E-state index contributed by atoms with van der Waals surface area (Å²) in [6.45, 7) is 4.26. The first-order chi connectivity index (χ1) is 9.47. The molecule has 2 N–H and O–H groups in total. The second-order valence-electron chi connectivity index (χ2n) is 5.95. The molecule has 1 amide bonds. The first kappa shape index (κ1) is 15.0. The minimum Gasteiger partial charge on any atom is -0.388 e. The molecule has 6 heteroatoms. The lowest BCUT2D eigenvalue weighted by atomic mass is 9.57. The van der Waals surface area contributed by atoms with Gasteiger partial charge in [0.05, 0.1) is 5.69 Å². The third-order valence-corrected chi connectivity index (χ3v) is 4.30. The maximum Gasteiger partial charge on any atom is 0.246 e. The van der Waals surface area contributed by atoms with Crippen molar-refractivity contribution in [2.75, 3.05) is 13.7 Å². The average molecular weight is 282 g/mol. The van der Waals surface area contributed by atoms with E-state index < -0.39 is 0 Å². The summed E-state index contributed by atoms with van der Waals surface area (Å²) in [5.41, 5.74) is 0.871. The van der Waals surface area contributed by atoms with Crippen LogP contribution in [-0.2, 0) is 22.6 Å². The number of ether oxygens (including phenoxy) is 1. The van der Waals surface area contributed by atoms with Gasteiger partial charge in [0.2, 0.25) is 5.91 Å². The second kappa shape index (κ2) is 5.93. The Bertz CT molecular complexity index is 469. The molecule has 0 bridgehead atoms. The van der Waals surface area contributed by atoms with E-state index >= 15 is 0 Å². The Morgan fingerprint density at radius 3 is 2.95 bits per heavy atom. The van der Waals surface area contributed by atoms with Crippen LogP contribution in [0, 0.1) is 11.3 Å². The average Bonchev–Trinajstić information content (AvgIpc) is 2.85. The Hall–Kier alpha value is -1.40. The molecule has 0 unspecified atom stereocenters. The van der Waals surface area contributed by atoms with Gasteiger partial charge in [-0.2, -0.15) is 0 Å². The largest absolute Gasteiger partial charge is 0.388 e. The minimum absolute atomic E-state index is 0.0156. The Balaban J connectivity index is 1.88. The zero-order valence-electron chi connectivity index (χ0n) is 12.2. The summed E-state index contributed by atoms with van der Waals surface area (Å²) in [6, 6.07) is 1.95. The summed E-state index contributed by atoms with van der Waals surface area (Å²) in [5.74, 6) is 0.849. The number of aliphatic hydroxyl groups is 1. The van der Waals surface area contributed by atoms with Crippen LogP contribution in [0.3, 0.4) is 0 Å². The van der Waals surface area contributed by atoms with Crippen LogP contribution in [0.15, 0.2) is 10.6 Å². The zero-order valence-corrected chi connectivity index (χ0v) is 12.2. The molecule has 0 aliphatic heterocycles. The van der Waals surface area contributed by atoms with Gasteiger partial charge in [-0.25, -0.2) is 0 Å². The van der Waals surface area contributed by atoms with Gasteiger partial charge in [0.25, 0.3) is 0 Å². The fourth-order valence-corrected chi connectivity index (χ4v) is 2.75. The predicted octanol–water partition coefficient (Wildman–Crippen LogP) is 0.887. The van der Waals surface area contributed by atoms with Crippen molar-refractivity contribution in [3.05, 3.63) is 17.5 Å². The summed E-state index contributed by atoms with van der Waals surface area (Å²) < 4.78 is 9.81. The van der Waals surface area contributed by atoms with Gasteiger partial charge < -0.3 is 19.7 Å². The van der Waals surface area contributed by atoms with E-state index in [4.69, 9.17) is 14.4 Å². The van der Waals surface area contributed by atoms with E-state index in [1.807, 2.05) is 0 Å². The van der Waals surface area contributed by atoms with Crippen molar-refractivity contribution in [1.29, 1.82) is 0 Å². The summed E-state index contributed by atoms with van der Waals surface area (Å²) in [6.07, 6.45) is 1.72. The maximum atomic E-state index is 11.5. The zero-order chi connectivity index (χ0) is 14.8. The van der Waals surface area contributed by atoms with Crippen molar-refractivity contribution >= 4 is 5.91 Å². The van der Waals surface area contributed by atoms with Crippen LogP contribution in [0.2, 0.25) is 0 Å². The van der Waals surface area contributed by atoms with Crippen LogP contribution in [0.25, 0.3) is 0 Å². The molecule has 1 fully saturated rings. The van der Waals surface area contributed by atoms with Gasteiger partial charge in [0, 0.05) is 19.2 Å². The van der Waals surface area contributed by atoms with Crippen molar-refractivity contribution < 1.29 is 19.2 Å². The molecule has 6 nitrogen and oxygen atoms in total. The molecular weight excluding hydrogens is 260 g/mol. The topological polar surface area (TPSA) is 84.6 Å². The number of carbonyl (C=O) groups is 1. The Kier molecular flexibility index (Phi) is 4.45. The highest BCUT2D eigenvalue weighted by Crippen LogP contribution is 2.47. The number of carbonyl (C=O) groups excluding carboxylic acids is 1. The summed E-state index contributed by atoms with van der Waals surface area (Å²) in [4.78, 5) is 11.5. The quantitative estimate of drug-likeness (QED) is 0.809. The van der Waals surface area contributed by atoms with Crippen LogP contribution >= 0.6 is 0 Å². The molecular formula is C14H22N2O4. The molecule has 1 aliphatic rings. The Labute approximate surface area is 118 Å². The minimum atomic E-state index is -0.128. The lowest BCUT2D eigenvalue weighted by Gasteiger charge is -2.52. The van der Waals surface area contributed by atoms with Crippen LogP contribution in [-0.4, -0.2) is 35.9 Å². The number of rotatable bonds is 6. The van der Waals surface area contributed by atoms with Crippen LogP contribution < -0.4 is 5.32 Å². The molecule has 20 heavy (non-hydrogen) atoms. The number of methoxy groups -OCH3 is 1. The molecule has 1 heterocycles. The van der Waals surface area contributed by atoms with Crippen LogP contribution in [0.5, 0.6) is 0 Å². The molecule has 1 aliphatic carbocycles. The van der Waals surface area contributed by atoms with Gasteiger partial charge in [-0.05, 0) is 24.2 Å². The van der Waals surface area contributed by atoms with Crippen molar-refractivity contribution in [3.8, 4) is 0 Å². The van der Waals surface area contributed by atoms with Crippen molar-refractivity contribution in [1.82, 2.24) is 10.5 Å². The standard InChI is InChI=1S/C14H22N2O4/c1-14(2)9(4-10-6-11(7-17)20-16-10)5-12(14)15-13(18)8-19-3/h6,9,12,17H,4-5,7-8H2,1-3H3,(H,15,18)/t9-,12+/m1/s1.